The summed E-state index contributed by atoms with van der Waals surface area (Å²) in [5.41, 5.74) is 0. The van der Waals surface area contributed by atoms with Crippen LogP contribution < -0.4 is 0 Å². The van der Waals surface area contributed by atoms with Crippen molar-refractivity contribution < 1.29 is 4.79 Å². The van der Waals surface area contributed by atoms with Gasteiger partial charge in [-0.15, -0.1) is 0 Å². The van der Waals surface area contributed by atoms with Crippen LogP contribution >= 0.6 is 31.9 Å². The molecular formula is C5H8Br2O. The van der Waals surface area contributed by atoms with Gasteiger partial charge in [-0.1, -0.05) is 38.8 Å². The van der Waals surface area contributed by atoms with Gasteiger partial charge in [0.1, 0.15) is 0 Å². The summed E-state index contributed by atoms with van der Waals surface area (Å²) in [5, 5.41) is 0.455. The number of rotatable bonds is 3. The standard InChI is InChI=1S/C5H8Br2O/c1-2-4(7)5(8)3-6/h4H,2-3H2,1H3. The normalized spacial score (nSPS) is 13.4. The lowest BCUT2D eigenvalue weighted by Gasteiger charge is -1.99. The van der Waals surface area contributed by atoms with Crippen molar-refractivity contribution >= 4 is 37.6 Å². The van der Waals surface area contributed by atoms with Gasteiger partial charge in [0.25, 0.3) is 0 Å². The van der Waals surface area contributed by atoms with Crippen molar-refractivity contribution in [3.05, 3.63) is 0 Å². The highest BCUT2D eigenvalue weighted by Gasteiger charge is 2.08. The second-order valence-corrected chi connectivity index (χ2v) is 3.14. The molecule has 48 valence electrons. The highest BCUT2D eigenvalue weighted by Crippen LogP contribution is 2.06. The summed E-state index contributed by atoms with van der Waals surface area (Å²) in [4.78, 5) is 10.7. The van der Waals surface area contributed by atoms with Crippen molar-refractivity contribution in [1.82, 2.24) is 0 Å². The second-order valence-electron chi connectivity index (χ2n) is 1.48. The van der Waals surface area contributed by atoms with E-state index in [4.69, 9.17) is 0 Å². The molecule has 8 heavy (non-hydrogen) atoms. The molecule has 0 aliphatic rings. The van der Waals surface area contributed by atoms with Gasteiger partial charge >= 0.3 is 0 Å². The minimum atomic E-state index is 0.0434. The van der Waals surface area contributed by atoms with Crippen molar-refractivity contribution in [1.29, 1.82) is 0 Å². The monoisotopic (exact) mass is 242 g/mol. The molecule has 0 aromatic rings. The van der Waals surface area contributed by atoms with E-state index in [2.05, 4.69) is 31.9 Å². The highest BCUT2D eigenvalue weighted by atomic mass is 79.9. The minimum absolute atomic E-state index is 0.0434. The first kappa shape index (κ1) is 8.63. The van der Waals surface area contributed by atoms with Gasteiger partial charge in [-0.2, -0.15) is 0 Å². The van der Waals surface area contributed by atoms with Crippen LogP contribution in [-0.2, 0) is 4.79 Å². The van der Waals surface area contributed by atoms with Crippen LogP contribution in [0.4, 0.5) is 0 Å². The van der Waals surface area contributed by atoms with E-state index in [1.807, 2.05) is 6.92 Å². The first-order valence-corrected chi connectivity index (χ1v) is 4.48. The van der Waals surface area contributed by atoms with Crippen molar-refractivity contribution in [2.75, 3.05) is 5.33 Å². The Morgan fingerprint density at radius 1 is 1.75 bits per heavy atom. The molecule has 0 rings (SSSR count). The third kappa shape index (κ3) is 2.82. The number of hydrogen-bond donors (Lipinski definition) is 0. The van der Waals surface area contributed by atoms with Crippen molar-refractivity contribution in [2.45, 2.75) is 18.2 Å². The van der Waals surface area contributed by atoms with Gasteiger partial charge in [-0.3, -0.25) is 4.79 Å². The topological polar surface area (TPSA) is 17.1 Å². The molecule has 1 unspecified atom stereocenters. The Morgan fingerprint density at radius 2 is 2.25 bits per heavy atom. The number of halogens is 2. The molecule has 0 bridgehead atoms. The smallest absolute Gasteiger partial charge is 0.156 e. The van der Waals surface area contributed by atoms with E-state index in [1.54, 1.807) is 0 Å². The quantitative estimate of drug-likeness (QED) is 0.695. The molecule has 0 aromatic heterocycles. The summed E-state index contributed by atoms with van der Waals surface area (Å²) in [6.07, 6.45) is 0.866. The Bertz CT molecular complexity index is 82.5. The van der Waals surface area contributed by atoms with Crippen molar-refractivity contribution in [2.24, 2.45) is 0 Å². The number of Topliss-reactive ketones (excluding diaryl/α,β-unsaturated/α-hetero) is 1. The molecule has 0 saturated carbocycles. The Labute approximate surface area is 66.1 Å². The molecule has 0 heterocycles. The van der Waals surface area contributed by atoms with Gasteiger partial charge < -0.3 is 0 Å². The van der Waals surface area contributed by atoms with Crippen molar-refractivity contribution in [3.8, 4) is 0 Å². The highest BCUT2D eigenvalue weighted by molar-refractivity contribution is 9.10. The number of carbonyl (C=O) groups is 1. The number of alkyl halides is 2. The predicted molar refractivity (Wildman–Crippen MR) is 41.8 cm³/mol. The van der Waals surface area contributed by atoms with Crippen LogP contribution in [0.15, 0.2) is 0 Å². The van der Waals surface area contributed by atoms with Gasteiger partial charge in [0.05, 0.1) is 10.2 Å². The lowest BCUT2D eigenvalue weighted by Crippen LogP contribution is -2.12. The molecule has 0 fully saturated rings. The molecule has 0 amide bonds. The molecule has 0 N–H and O–H groups in total. The summed E-state index contributed by atoms with van der Waals surface area (Å²) in [7, 11) is 0. The van der Waals surface area contributed by atoms with Crippen LogP contribution in [0.1, 0.15) is 13.3 Å². The molecule has 0 saturated heterocycles. The summed E-state index contributed by atoms with van der Waals surface area (Å²) >= 11 is 6.30. The number of ketones is 1. The van der Waals surface area contributed by atoms with E-state index < -0.39 is 0 Å². The van der Waals surface area contributed by atoms with E-state index in [0.717, 1.165) is 6.42 Å². The van der Waals surface area contributed by atoms with E-state index >= 15 is 0 Å². The molecule has 0 aliphatic carbocycles. The molecular weight excluding hydrogens is 236 g/mol. The van der Waals surface area contributed by atoms with E-state index in [9.17, 15) is 4.79 Å². The predicted octanol–water partition coefficient (Wildman–Crippen LogP) is 2.12. The average Bonchev–Trinajstić information content (AvgIpc) is 1.84. The van der Waals surface area contributed by atoms with Gasteiger partial charge in [0.2, 0.25) is 0 Å². The molecule has 3 heteroatoms. The summed E-state index contributed by atoms with van der Waals surface area (Å²) in [6, 6.07) is 0. The average molecular weight is 244 g/mol. The van der Waals surface area contributed by atoms with Gasteiger partial charge in [0, 0.05) is 0 Å². The number of carbonyl (C=O) groups excluding carboxylic acids is 1. The zero-order valence-electron chi connectivity index (χ0n) is 4.66. The minimum Gasteiger partial charge on any atom is -0.298 e. The Balaban J connectivity index is 3.46. The van der Waals surface area contributed by atoms with Crippen LogP contribution in [0, 0.1) is 0 Å². The molecule has 0 spiro atoms. The Hall–Kier alpha value is 0.630. The zero-order chi connectivity index (χ0) is 6.57. The SMILES string of the molecule is CCC(Br)C(=O)CBr. The fourth-order valence-electron chi connectivity index (χ4n) is 0.311. The maximum absolute atomic E-state index is 10.6. The van der Waals surface area contributed by atoms with Crippen LogP contribution in [-0.4, -0.2) is 15.9 Å². The third-order valence-electron chi connectivity index (χ3n) is 0.839. The van der Waals surface area contributed by atoms with Crippen LogP contribution in [0.25, 0.3) is 0 Å². The fourth-order valence-corrected chi connectivity index (χ4v) is 1.30. The van der Waals surface area contributed by atoms with Crippen LogP contribution in [0.3, 0.4) is 0 Å². The Kier molecular flexibility index (Phi) is 4.86. The first-order chi connectivity index (χ1) is 3.72. The van der Waals surface area contributed by atoms with Crippen LogP contribution in [0.2, 0.25) is 0 Å². The maximum atomic E-state index is 10.6. The lowest BCUT2D eigenvalue weighted by atomic mass is 10.3. The maximum Gasteiger partial charge on any atom is 0.156 e. The van der Waals surface area contributed by atoms with Gasteiger partial charge in [-0.05, 0) is 6.42 Å². The molecule has 1 nitrogen and oxygen atoms in total. The second kappa shape index (κ2) is 4.50. The van der Waals surface area contributed by atoms with E-state index in [-0.39, 0.29) is 10.6 Å². The van der Waals surface area contributed by atoms with Crippen molar-refractivity contribution in [3.63, 3.8) is 0 Å². The zero-order valence-corrected chi connectivity index (χ0v) is 7.83. The van der Waals surface area contributed by atoms with Gasteiger partial charge in [0.15, 0.2) is 5.78 Å². The molecule has 0 radical (unpaired) electrons. The number of hydrogen-bond acceptors (Lipinski definition) is 1. The van der Waals surface area contributed by atoms with Gasteiger partial charge in [-0.25, -0.2) is 0 Å². The fraction of sp³-hybridized carbons (Fsp3) is 0.800. The third-order valence-corrected chi connectivity index (χ3v) is 2.55. The molecule has 0 aromatic carbocycles. The summed E-state index contributed by atoms with van der Waals surface area (Å²) < 4.78 is 0. The summed E-state index contributed by atoms with van der Waals surface area (Å²) in [6.45, 7) is 1.97. The Morgan fingerprint density at radius 3 is 2.38 bits per heavy atom. The van der Waals surface area contributed by atoms with Crippen LogP contribution in [0.5, 0.6) is 0 Å². The largest absolute Gasteiger partial charge is 0.298 e. The first-order valence-electron chi connectivity index (χ1n) is 2.45. The summed E-state index contributed by atoms with van der Waals surface area (Å²) in [5.74, 6) is 0.215. The molecule has 0 aliphatic heterocycles. The van der Waals surface area contributed by atoms with E-state index in [0.29, 0.717) is 5.33 Å². The molecule has 1 atom stereocenters. The van der Waals surface area contributed by atoms with E-state index in [1.165, 1.54) is 0 Å². The lowest BCUT2D eigenvalue weighted by molar-refractivity contribution is -0.115.